The molecule has 2 N–H and O–H groups in total. The summed E-state index contributed by atoms with van der Waals surface area (Å²) in [6.07, 6.45) is 1.77. The first-order valence-electron chi connectivity index (χ1n) is 3.33. The van der Waals surface area contributed by atoms with Gasteiger partial charge >= 0.3 is 0 Å². The van der Waals surface area contributed by atoms with Crippen molar-refractivity contribution >= 4 is 0 Å². The monoisotopic (exact) mass is 129 g/mol. The van der Waals surface area contributed by atoms with Crippen molar-refractivity contribution in [3.8, 4) is 0 Å². The average Bonchev–Trinajstić information content (AvgIpc) is 1.85. The van der Waals surface area contributed by atoms with Gasteiger partial charge in [-0.05, 0) is 6.42 Å². The normalized spacial score (nSPS) is 9.11. The van der Waals surface area contributed by atoms with E-state index in [0.717, 1.165) is 18.7 Å². The van der Waals surface area contributed by atoms with Gasteiger partial charge in [-0.15, -0.1) is 0 Å². The standard InChI is InChI=1S/C7H15NO/c1-3-5-8-7(2)4-6-9/h8-9H,2-6H2,1H3. The quantitative estimate of drug-likeness (QED) is 0.577. The number of hydrogen-bond donors (Lipinski definition) is 2. The lowest BCUT2D eigenvalue weighted by atomic mass is 10.3. The first-order valence-corrected chi connectivity index (χ1v) is 3.33. The van der Waals surface area contributed by atoms with Crippen molar-refractivity contribution in [3.05, 3.63) is 12.3 Å². The number of rotatable bonds is 5. The van der Waals surface area contributed by atoms with Crippen LogP contribution in [0.5, 0.6) is 0 Å². The number of hydrogen-bond acceptors (Lipinski definition) is 2. The van der Waals surface area contributed by atoms with Gasteiger partial charge in [0.15, 0.2) is 0 Å². The second-order valence-corrected chi connectivity index (χ2v) is 2.00. The van der Waals surface area contributed by atoms with E-state index in [4.69, 9.17) is 5.11 Å². The summed E-state index contributed by atoms with van der Waals surface area (Å²) in [5.41, 5.74) is 0.930. The van der Waals surface area contributed by atoms with E-state index in [-0.39, 0.29) is 6.61 Å². The third kappa shape index (κ3) is 5.37. The predicted molar refractivity (Wildman–Crippen MR) is 39.1 cm³/mol. The van der Waals surface area contributed by atoms with E-state index in [9.17, 15) is 0 Å². The largest absolute Gasteiger partial charge is 0.396 e. The lowest BCUT2D eigenvalue weighted by Gasteiger charge is -2.04. The maximum absolute atomic E-state index is 8.44. The second-order valence-electron chi connectivity index (χ2n) is 2.00. The molecule has 0 spiro atoms. The highest BCUT2D eigenvalue weighted by atomic mass is 16.3. The van der Waals surface area contributed by atoms with Crippen LogP contribution >= 0.6 is 0 Å². The molecule has 0 amide bonds. The molecule has 0 bridgehead atoms. The summed E-state index contributed by atoms with van der Waals surface area (Å²) >= 11 is 0. The topological polar surface area (TPSA) is 32.3 Å². The van der Waals surface area contributed by atoms with E-state index in [2.05, 4.69) is 18.8 Å². The summed E-state index contributed by atoms with van der Waals surface area (Å²) < 4.78 is 0. The van der Waals surface area contributed by atoms with Gasteiger partial charge in [0, 0.05) is 25.3 Å². The van der Waals surface area contributed by atoms with Crippen molar-refractivity contribution in [1.29, 1.82) is 0 Å². The molecule has 0 aliphatic heterocycles. The van der Waals surface area contributed by atoms with Crippen LogP contribution in [0.4, 0.5) is 0 Å². The smallest absolute Gasteiger partial charge is 0.0485 e. The minimum Gasteiger partial charge on any atom is -0.396 e. The van der Waals surface area contributed by atoms with Crippen LogP contribution in [0, 0.1) is 0 Å². The van der Waals surface area contributed by atoms with Gasteiger partial charge in [-0.1, -0.05) is 13.5 Å². The Morgan fingerprint density at radius 1 is 1.67 bits per heavy atom. The minimum absolute atomic E-state index is 0.190. The summed E-state index contributed by atoms with van der Waals surface area (Å²) in [5.74, 6) is 0. The molecule has 0 unspecified atom stereocenters. The van der Waals surface area contributed by atoms with Gasteiger partial charge in [-0.25, -0.2) is 0 Å². The highest BCUT2D eigenvalue weighted by molar-refractivity contribution is 4.89. The zero-order valence-corrected chi connectivity index (χ0v) is 5.98. The molecule has 0 saturated carbocycles. The van der Waals surface area contributed by atoms with Gasteiger partial charge in [0.25, 0.3) is 0 Å². The molecule has 9 heavy (non-hydrogen) atoms. The number of aliphatic hydroxyl groups excluding tert-OH is 1. The molecule has 0 aromatic carbocycles. The van der Waals surface area contributed by atoms with Crippen LogP contribution in [0.15, 0.2) is 12.3 Å². The highest BCUT2D eigenvalue weighted by Crippen LogP contribution is 1.89. The molecule has 0 heterocycles. The minimum atomic E-state index is 0.190. The summed E-state index contributed by atoms with van der Waals surface area (Å²) in [4.78, 5) is 0. The molecule has 0 aromatic rings. The van der Waals surface area contributed by atoms with Crippen LogP contribution in [-0.4, -0.2) is 18.3 Å². The van der Waals surface area contributed by atoms with E-state index in [0.29, 0.717) is 6.42 Å². The zero-order chi connectivity index (χ0) is 7.11. The fraction of sp³-hybridized carbons (Fsp3) is 0.714. The van der Waals surface area contributed by atoms with Gasteiger partial charge in [0.2, 0.25) is 0 Å². The maximum Gasteiger partial charge on any atom is 0.0485 e. The molecule has 2 heteroatoms. The molecular weight excluding hydrogens is 114 g/mol. The van der Waals surface area contributed by atoms with Crippen molar-refractivity contribution in [2.45, 2.75) is 19.8 Å². The Morgan fingerprint density at radius 3 is 2.78 bits per heavy atom. The van der Waals surface area contributed by atoms with Crippen LogP contribution in [0.3, 0.4) is 0 Å². The van der Waals surface area contributed by atoms with E-state index >= 15 is 0 Å². The Kier molecular flexibility index (Phi) is 5.32. The Bertz CT molecular complexity index is 81.0. The average molecular weight is 129 g/mol. The van der Waals surface area contributed by atoms with Crippen molar-refractivity contribution in [2.24, 2.45) is 0 Å². The third-order valence-electron chi connectivity index (χ3n) is 1.04. The molecule has 0 atom stereocenters. The fourth-order valence-electron chi connectivity index (χ4n) is 0.525. The van der Waals surface area contributed by atoms with Gasteiger partial charge in [0.1, 0.15) is 0 Å². The van der Waals surface area contributed by atoms with E-state index in [1.807, 2.05) is 0 Å². The van der Waals surface area contributed by atoms with Gasteiger partial charge in [-0.2, -0.15) is 0 Å². The Hall–Kier alpha value is -0.500. The molecule has 2 nitrogen and oxygen atoms in total. The molecule has 54 valence electrons. The summed E-state index contributed by atoms with van der Waals surface area (Å²) in [6.45, 7) is 6.95. The van der Waals surface area contributed by atoms with Crippen LogP contribution in [0.2, 0.25) is 0 Å². The summed E-state index contributed by atoms with van der Waals surface area (Å²) in [7, 11) is 0. The van der Waals surface area contributed by atoms with Gasteiger partial charge in [-0.3, -0.25) is 0 Å². The Balaban J connectivity index is 3.06. The SMILES string of the molecule is C=C(CCO)NCCC. The molecule has 0 rings (SSSR count). The van der Waals surface area contributed by atoms with Crippen molar-refractivity contribution in [3.63, 3.8) is 0 Å². The van der Waals surface area contributed by atoms with Crippen LogP contribution in [0.1, 0.15) is 19.8 Å². The molecule has 0 fully saturated rings. The molecular formula is C7H15NO. The third-order valence-corrected chi connectivity index (χ3v) is 1.04. The van der Waals surface area contributed by atoms with Gasteiger partial charge < -0.3 is 10.4 Å². The molecule has 0 aliphatic carbocycles. The lowest BCUT2D eigenvalue weighted by molar-refractivity contribution is 0.296. The Morgan fingerprint density at radius 2 is 2.33 bits per heavy atom. The van der Waals surface area contributed by atoms with Crippen molar-refractivity contribution in [1.82, 2.24) is 5.32 Å². The lowest BCUT2D eigenvalue weighted by Crippen LogP contribution is -2.13. The molecule has 0 aromatic heterocycles. The summed E-state index contributed by atoms with van der Waals surface area (Å²) in [6, 6.07) is 0. The van der Waals surface area contributed by atoms with E-state index in [1.165, 1.54) is 0 Å². The van der Waals surface area contributed by atoms with Crippen LogP contribution < -0.4 is 5.32 Å². The van der Waals surface area contributed by atoms with Crippen LogP contribution in [-0.2, 0) is 0 Å². The Labute approximate surface area is 56.6 Å². The van der Waals surface area contributed by atoms with Gasteiger partial charge in [0.05, 0.1) is 0 Å². The number of aliphatic hydroxyl groups is 1. The fourth-order valence-corrected chi connectivity index (χ4v) is 0.525. The van der Waals surface area contributed by atoms with Crippen molar-refractivity contribution < 1.29 is 5.11 Å². The maximum atomic E-state index is 8.44. The molecule has 0 radical (unpaired) electrons. The first-order chi connectivity index (χ1) is 4.31. The molecule has 0 saturated heterocycles. The zero-order valence-electron chi connectivity index (χ0n) is 5.98. The predicted octanol–water partition coefficient (Wildman–Crippen LogP) is 0.882. The van der Waals surface area contributed by atoms with Crippen molar-refractivity contribution in [2.75, 3.05) is 13.2 Å². The summed E-state index contributed by atoms with van der Waals surface area (Å²) in [5, 5.41) is 11.5. The number of nitrogens with one attached hydrogen (secondary N) is 1. The first kappa shape index (κ1) is 8.50. The van der Waals surface area contributed by atoms with E-state index < -0.39 is 0 Å². The van der Waals surface area contributed by atoms with Crippen LogP contribution in [0.25, 0.3) is 0 Å². The van der Waals surface area contributed by atoms with E-state index in [1.54, 1.807) is 0 Å². The highest BCUT2D eigenvalue weighted by Gasteiger charge is 1.87. The molecule has 0 aliphatic rings. The second kappa shape index (κ2) is 5.63.